The molecule has 1 amide bonds. The SMILES string of the molecule is O=C(CC(CN1CCN(Cc2ccccn2)CC1)C(=O)O)Nc1ccc(F)cc1. The number of carboxylic acid groups (broad SMARTS) is 1. The number of aliphatic carboxylic acids is 1. The van der Waals surface area contributed by atoms with E-state index in [0.717, 1.165) is 38.4 Å². The molecule has 8 heteroatoms. The maximum atomic E-state index is 12.9. The van der Waals surface area contributed by atoms with Gasteiger partial charge in [-0.15, -0.1) is 0 Å². The highest BCUT2D eigenvalue weighted by atomic mass is 19.1. The van der Waals surface area contributed by atoms with Crippen molar-refractivity contribution in [3.8, 4) is 0 Å². The number of carboxylic acids is 1. The summed E-state index contributed by atoms with van der Waals surface area (Å²) in [5.41, 5.74) is 1.46. The van der Waals surface area contributed by atoms with Crippen LogP contribution in [0.5, 0.6) is 0 Å². The van der Waals surface area contributed by atoms with Crippen molar-refractivity contribution in [2.45, 2.75) is 13.0 Å². The molecule has 2 aromatic rings. The average molecular weight is 400 g/mol. The third kappa shape index (κ3) is 6.62. The Morgan fingerprint density at radius 1 is 1.07 bits per heavy atom. The van der Waals surface area contributed by atoms with E-state index in [0.29, 0.717) is 12.2 Å². The minimum Gasteiger partial charge on any atom is -0.481 e. The van der Waals surface area contributed by atoms with E-state index in [1.807, 2.05) is 18.2 Å². The Morgan fingerprint density at radius 2 is 1.76 bits per heavy atom. The fourth-order valence-electron chi connectivity index (χ4n) is 3.36. The van der Waals surface area contributed by atoms with Crippen LogP contribution in [-0.2, 0) is 16.1 Å². The van der Waals surface area contributed by atoms with E-state index in [9.17, 15) is 19.1 Å². The van der Waals surface area contributed by atoms with Crippen molar-refractivity contribution >= 4 is 17.6 Å². The van der Waals surface area contributed by atoms with Crippen molar-refractivity contribution in [3.05, 3.63) is 60.2 Å². The first-order chi connectivity index (χ1) is 14.0. The van der Waals surface area contributed by atoms with E-state index in [1.165, 1.54) is 24.3 Å². The first kappa shape index (κ1) is 20.9. The van der Waals surface area contributed by atoms with Gasteiger partial charge in [-0.1, -0.05) is 6.07 Å². The van der Waals surface area contributed by atoms with Gasteiger partial charge >= 0.3 is 5.97 Å². The van der Waals surface area contributed by atoms with E-state index in [4.69, 9.17) is 0 Å². The third-order valence-corrected chi connectivity index (χ3v) is 4.96. The molecule has 29 heavy (non-hydrogen) atoms. The normalized spacial score (nSPS) is 16.3. The first-order valence-corrected chi connectivity index (χ1v) is 9.62. The molecule has 3 rings (SSSR count). The van der Waals surface area contributed by atoms with Crippen molar-refractivity contribution in [1.82, 2.24) is 14.8 Å². The van der Waals surface area contributed by atoms with Crippen LogP contribution in [-0.4, -0.2) is 64.5 Å². The van der Waals surface area contributed by atoms with E-state index in [1.54, 1.807) is 6.20 Å². The fourth-order valence-corrected chi connectivity index (χ4v) is 3.36. The molecule has 0 spiro atoms. The van der Waals surface area contributed by atoms with Gasteiger partial charge in [0.1, 0.15) is 5.82 Å². The molecule has 1 unspecified atom stereocenters. The number of benzene rings is 1. The molecule has 1 aliphatic heterocycles. The minimum absolute atomic E-state index is 0.124. The number of hydrogen-bond donors (Lipinski definition) is 2. The van der Waals surface area contributed by atoms with Gasteiger partial charge in [0.05, 0.1) is 11.6 Å². The van der Waals surface area contributed by atoms with Crippen LogP contribution in [0.2, 0.25) is 0 Å². The second kappa shape index (κ2) is 10.1. The van der Waals surface area contributed by atoms with Gasteiger partial charge in [-0.05, 0) is 36.4 Å². The van der Waals surface area contributed by atoms with Crippen LogP contribution in [0.25, 0.3) is 0 Å². The first-order valence-electron chi connectivity index (χ1n) is 9.62. The van der Waals surface area contributed by atoms with Crippen LogP contribution in [0.4, 0.5) is 10.1 Å². The number of carbonyl (C=O) groups excluding carboxylic acids is 1. The van der Waals surface area contributed by atoms with Gasteiger partial charge < -0.3 is 10.4 Å². The van der Waals surface area contributed by atoms with Gasteiger partial charge in [0.2, 0.25) is 5.91 Å². The number of hydrogen-bond acceptors (Lipinski definition) is 5. The summed E-state index contributed by atoms with van der Waals surface area (Å²) < 4.78 is 12.9. The van der Waals surface area contributed by atoms with Gasteiger partial charge in [0, 0.05) is 57.6 Å². The summed E-state index contributed by atoms with van der Waals surface area (Å²) in [4.78, 5) is 32.6. The van der Waals surface area contributed by atoms with Crippen molar-refractivity contribution in [2.24, 2.45) is 5.92 Å². The van der Waals surface area contributed by atoms with Crippen molar-refractivity contribution in [1.29, 1.82) is 0 Å². The number of piperazine rings is 1. The lowest BCUT2D eigenvalue weighted by molar-refractivity contribution is -0.144. The number of nitrogens with one attached hydrogen (secondary N) is 1. The number of rotatable bonds is 8. The standard InChI is InChI=1S/C21H25FN4O3/c22-17-4-6-18(7-5-17)24-20(27)13-16(21(28)29)14-25-9-11-26(12-10-25)15-19-3-1-2-8-23-19/h1-8,16H,9-15H2,(H,24,27)(H,28,29). The number of amides is 1. The maximum Gasteiger partial charge on any atom is 0.308 e. The average Bonchev–Trinajstić information content (AvgIpc) is 2.71. The largest absolute Gasteiger partial charge is 0.481 e. The van der Waals surface area contributed by atoms with E-state index in [2.05, 4.69) is 20.1 Å². The number of anilines is 1. The Balaban J connectivity index is 1.46. The highest BCUT2D eigenvalue weighted by Gasteiger charge is 2.26. The molecule has 0 aliphatic carbocycles. The number of nitrogens with zero attached hydrogens (tertiary/aromatic N) is 3. The summed E-state index contributed by atoms with van der Waals surface area (Å²) in [5, 5.41) is 12.2. The molecule has 2 N–H and O–H groups in total. The van der Waals surface area contributed by atoms with Gasteiger partial charge in [0.25, 0.3) is 0 Å². The molecule has 2 heterocycles. The molecule has 1 atom stereocenters. The van der Waals surface area contributed by atoms with Crippen LogP contribution in [0, 0.1) is 11.7 Å². The topological polar surface area (TPSA) is 85.8 Å². The molecule has 0 bridgehead atoms. The Kier molecular flexibility index (Phi) is 7.26. The molecule has 0 radical (unpaired) electrons. The van der Waals surface area contributed by atoms with Crippen molar-refractivity contribution in [2.75, 3.05) is 38.0 Å². The van der Waals surface area contributed by atoms with Crippen molar-refractivity contribution < 1.29 is 19.1 Å². The lowest BCUT2D eigenvalue weighted by Gasteiger charge is -2.35. The molecule has 0 saturated carbocycles. The Morgan fingerprint density at radius 3 is 2.38 bits per heavy atom. The van der Waals surface area contributed by atoms with Gasteiger partial charge in [-0.25, -0.2) is 4.39 Å². The lowest BCUT2D eigenvalue weighted by atomic mass is 10.0. The zero-order valence-corrected chi connectivity index (χ0v) is 16.1. The summed E-state index contributed by atoms with van der Waals surface area (Å²) in [6.45, 7) is 4.24. The quantitative estimate of drug-likeness (QED) is 0.706. The molecule has 7 nitrogen and oxygen atoms in total. The van der Waals surface area contributed by atoms with Crippen LogP contribution < -0.4 is 5.32 Å². The summed E-state index contributed by atoms with van der Waals surface area (Å²) in [6.07, 6.45) is 1.65. The summed E-state index contributed by atoms with van der Waals surface area (Å²) in [5.74, 6) is -2.57. The predicted octanol–water partition coefficient (Wildman–Crippen LogP) is 2.07. The van der Waals surface area contributed by atoms with E-state index >= 15 is 0 Å². The third-order valence-electron chi connectivity index (χ3n) is 4.96. The van der Waals surface area contributed by atoms with Crippen LogP contribution in [0.1, 0.15) is 12.1 Å². The highest BCUT2D eigenvalue weighted by molar-refractivity contribution is 5.93. The second-order valence-corrected chi connectivity index (χ2v) is 7.19. The van der Waals surface area contributed by atoms with Gasteiger partial charge in [-0.2, -0.15) is 0 Å². The molecular weight excluding hydrogens is 375 g/mol. The minimum atomic E-state index is -0.991. The molecule has 1 aromatic carbocycles. The number of carbonyl (C=O) groups is 2. The molecule has 1 aliphatic rings. The fraction of sp³-hybridized carbons (Fsp3) is 0.381. The zero-order valence-electron chi connectivity index (χ0n) is 16.1. The number of pyridine rings is 1. The number of halogens is 1. The molecular formula is C21H25FN4O3. The predicted molar refractivity (Wildman–Crippen MR) is 107 cm³/mol. The van der Waals surface area contributed by atoms with E-state index in [-0.39, 0.29) is 6.42 Å². The maximum absolute atomic E-state index is 12.9. The molecule has 154 valence electrons. The summed E-state index contributed by atoms with van der Waals surface area (Å²) >= 11 is 0. The monoisotopic (exact) mass is 400 g/mol. The molecule has 1 aromatic heterocycles. The highest BCUT2D eigenvalue weighted by Crippen LogP contribution is 2.14. The second-order valence-electron chi connectivity index (χ2n) is 7.19. The lowest BCUT2D eigenvalue weighted by Crippen LogP contribution is -2.48. The van der Waals surface area contributed by atoms with Crippen molar-refractivity contribution in [3.63, 3.8) is 0 Å². The van der Waals surface area contributed by atoms with Crippen LogP contribution in [0.15, 0.2) is 48.7 Å². The van der Waals surface area contributed by atoms with Crippen LogP contribution in [0.3, 0.4) is 0 Å². The van der Waals surface area contributed by atoms with E-state index < -0.39 is 23.6 Å². The summed E-state index contributed by atoms with van der Waals surface area (Å²) in [7, 11) is 0. The van der Waals surface area contributed by atoms with Gasteiger partial charge in [-0.3, -0.25) is 24.4 Å². The number of aromatic nitrogens is 1. The Hall–Kier alpha value is -2.84. The Bertz CT molecular complexity index is 808. The van der Waals surface area contributed by atoms with Crippen LogP contribution >= 0.6 is 0 Å². The Labute approximate surface area is 169 Å². The molecule has 1 saturated heterocycles. The summed E-state index contributed by atoms with van der Waals surface area (Å²) in [6, 6.07) is 11.2. The molecule has 1 fully saturated rings. The van der Waals surface area contributed by atoms with Gasteiger partial charge in [0.15, 0.2) is 0 Å². The smallest absolute Gasteiger partial charge is 0.308 e. The zero-order chi connectivity index (χ0) is 20.6.